The third-order valence-corrected chi connectivity index (χ3v) is 4.43. The van der Waals surface area contributed by atoms with Crippen molar-refractivity contribution < 1.29 is 32.6 Å². The first-order chi connectivity index (χ1) is 13.4. The summed E-state index contributed by atoms with van der Waals surface area (Å²) in [6.45, 7) is -0.616. The Morgan fingerprint density at radius 2 is 1.82 bits per heavy atom. The second-order valence-electron chi connectivity index (χ2n) is 5.41. The molecule has 0 saturated carbocycles. The number of methoxy groups -OCH3 is 1. The minimum Gasteiger partial charge on any atom is -0.496 e. The van der Waals surface area contributed by atoms with Crippen LogP contribution in [0.15, 0.2) is 47.4 Å². The normalized spacial score (nSPS) is 10.2. The highest BCUT2D eigenvalue weighted by Gasteiger charge is 2.16. The number of rotatable bonds is 8. The zero-order valence-corrected chi connectivity index (χ0v) is 15.7. The van der Waals surface area contributed by atoms with Crippen LogP contribution in [-0.4, -0.2) is 37.3 Å². The quantitative estimate of drug-likeness (QED) is 0.533. The van der Waals surface area contributed by atoms with Crippen molar-refractivity contribution in [2.24, 2.45) is 0 Å². The van der Waals surface area contributed by atoms with Crippen molar-refractivity contribution in [3.63, 3.8) is 0 Å². The summed E-state index contributed by atoms with van der Waals surface area (Å²) < 4.78 is 35.8. The molecule has 1 N–H and O–H groups in total. The van der Waals surface area contributed by atoms with Crippen LogP contribution in [0.2, 0.25) is 0 Å². The molecular formula is C19H17F2NO5S. The van der Waals surface area contributed by atoms with Crippen molar-refractivity contribution in [1.29, 1.82) is 0 Å². The Labute approximate surface area is 164 Å². The number of benzene rings is 2. The molecule has 0 unspecified atom stereocenters. The molecule has 0 bridgehead atoms. The molecule has 0 aliphatic heterocycles. The van der Waals surface area contributed by atoms with E-state index in [9.17, 15) is 23.2 Å². The summed E-state index contributed by atoms with van der Waals surface area (Å²) in [5, 5.41) is 2.10. The van der Waals surface area contributed by atoms with Crippen LogP contribution in [0.1, 0.15) is 16.8 Å². The molecule has 0 aliphatic carbocycles. The second kappa shape index (κ2) is 10.4. The molecule has 0 radical (unpaired) electrons. The number of hydrogen-bond donors (Lipinski definition) is 1. The van der Waals surface area contributed by atoms with Crippen molar-refractivity contribution >= 4 is 29.5 Å². The number of halogens is 2. The van der Waals surface area contributed by atoms with Gasteiger partial charge in [-0.15, -0.1) is 11.8 Å². The Hall–Kier alpha value is -2.94. The molecule has 2 rings (SSSR count). The fourth-order valence-electron chi connectivity index (χ4n) is 2.10. The van der Waals surface area contributed by atoms with E-state index in [1.165, 1.54) is 19.2 Å². The van der Waals surface area contributed by atoms with E-state index in [-0.39, 0.29) is 17.7 Å². The number of nitrogens with one attached hydrogen (secondary N) is 1. The molecule has 0 atom stereocenters. The van der Waals surface area contributed by atoms with Crippen LogP contribution in [0.4, 0.5) is 8.78 Å². The largest absolute Gasteiger partial charge is 0.496 e. The second-order valence-corrected chi connectivity index (χ2v) is 6.58. The number of esters is 1. The minimum atomic E-state index is -0.969. The molecule has 6 nitrogen and oxygen atoms in total. The average molecular weight is 409 g/mol. The third-order valence-electron chi connectivity index (χ3n) is 3.43. The Bertz CT molecular complexity index is 875. The van der Waals surface area contributed by atoms with Gasteiger partial charge in [0.1, 0.15) is 5.75 Å². The first kappa shape index (κ1) is 21.4. The molecule has 0 fully saturated rings. The number of thioether (sulfide) groups is 1. The van der Waals surface area contributed by atoms with Gasteiger partial charge in [0, 0.05) is 10.6 Å². The molecule has 0 heterocycles. The van der Waals surface area contributed by atoms with E-state index in [0.717, 1.165) is 23.9 Å². The van der Waals surface area contributed by atoms with Crippen LogP contribution in [0.5, 0.6) is 5.75 Å². The van der Waals surface area contributed by atoms with Crippen LogP contribution < -0.4 is 10.1 Å². The van der Waals surface area contributed by atoms with E-state index in [0.29, 0.717) is 10.6 Å². The van der Waals surface area contributed by atoms with Gasteiger partial charge in [-0.1, -0.05) is 12.1 Å². The molecule has 2 amide bonds. The summed E-state index contributed by atoms with van der Waals surface area (Å²) in [6.07, 6.45) is -0.0442. The Morgan fingerprint density at radius 1 is 1.07 bits per heavy atom. The van der Waals surface area contributed by atoms with Gasteiger partial charge in [0.25, 0.3) is 11.8 Å². The van der Waals surface area contributed by atoms with Gasteiger partial charge in [-0.05, 0) is 30.3 Å². The zero-order valence-electron chi connectivity index (χ0n) is 14.9. The number of carbonyl (C=O) groups excluding carboxylic acids is 3. The van der Waals surface area contributed by atoms with Gasteiger partial charge >= 0.3 is 5.97 Å². The summed E-state index contributed by atoms with van der Waals surface area (Å²) >= 11 is 1.14. The molecule has 0 saturated heterocycles. The molecule has 148 valence electrons. The molecule has 2 aromatic carbocycles. The van der Waals surface area contributed by atoms with Crippen LogP contribution in [0.25, 0.3) is 0 Å². The summed E-state index contributed by atoms with van der Waals surface area (Å²) in [7, 11) is 1.40. The number of carbonyl (C=O) groups is 3. The van der Waals surface area contributed by atoms with Gasteiger partial charge < -0.3 is 9.47 Å². The van der Waals surface area contributed by atoms with E-state index >= 15 is 0 Å². The summed E-state index contributed by atoms with van der Waals surface area (Å²) in [4.78, 5) is 35.9. The van der Waals surface area contributed by atoms with Crippen LogP contribution in [0.3, 0.4) is 0 Å². The van der Waals surface area contributed by atoms with Gasteiger partial charge in [-0.2, -0.15) is 0 Å². The molecular weight excluding hydrogens is 392 g/mol. The smallest absolute Gasteiger partial charge is 0.307 e. The first-order valence-corrected chi connectivity index (χ1v) is 9.10. The van der Waals surface area contributed by atoms with Gasteiger partial charge in [0.05, 0.1) is 19.1 Å². The molecule has 9 heteroatoms. The lowest BCUT2D eigenvalue weighted by Crippen LogP contribution is -2.34. The number of amides is 2. The van der Waals surface area contributed by atoms with E-state index in [2.05, 4.69) is 5.32 Å². The fourth-order valence-corrected chi connectivity index (χ4v) is 2.95. The molecule has 0 aromatic heterocycles. The van der Waals surface area contributed by atoms with Crippen molar-refractivity contribution in [3.8, 4) is 5.75 Å². The first-order valence-electron chi connectivity index (χ1n) is 8.11. The lowest BCUT2D eigenvalue weighted by Gasteiger charge is -2.08. The van der Waals surface area contributed by atoms with Gasteiger partial charge in [-0.3, -0.25) is 19.7 Å². The topological polar surface area (TPSA) is 81.7 Å². The number of ether oxygens (including phenoxy) is 2. The minimum absolute atomic E-state index is 0.0442. The highest BCUT2D eigenvalue weighted by atomic mass is 32.2. The van der Waals surface area contributed by atoms with Crippen LogP contribution >= 0.6 is 11.8 Å². The molecule has 2 aromatic rings. The molecule has 0 spiro atoms. The van der Waals surface area contributed by atoms with Crippen LogP contribution in [0, 0.1) is 11.6 Å². The lowest BCUT2D eigenvalue weighted by molar-refractivity contribution is -0.147. The number of para-hydroxylation sites is 1. The maximum Gasteiger partial charge on any atom is 0.307 e. The van der Waals surface area contributed by atoms with Crippen molar-refractivity contribution in [1.82, 2.24) is 5.32 Å². The van der Waals surface area contributed by atoms with E-state index in [4.69, 9.17) is 9.47 Å². The Balaban J connectivity index is 1.72. The predicted molar refractivity (Wildman–Crippen MR) is 98.1 cm³/mol. The summed E-state index contributed by atoms with van der Waals surface area (Å²) in [6, 6.07) is 9.78. The molecule has 0 aliphatic rings. The lowest BCUT2D eigenvalue weighted by atomic mass is 10.2. The van der Waals surface area contributed by atoms with E-state index in [1.807, 2.05) is 0 Å². The average Bonchev–Trinajstić information content (AvgIpc) is 2.69. The van der Waals surface area contributed by atoms with Crippen molar-refractivity contribution in [3.05, 3.63) is 59.7 Å². The number of hydrogen-bond acceptors (Lipinski definition) is 6. The predicted octanol–water partition coefficient (Wildman–Crippen LogP) is 2.96. The third kappa shape index (κ3) is 6.34. The monoisotopic (exact) mass is 409 g/mol. The fraction of sp³-hybridized carbons (Fsp3) is 0.211. The number of imide groups is 1. The maximum absolute atomic E-state index is 13.1. The maximum atomic E-state index is 13.1. The summed E-state index contributed by atoms with van der Waals surface area (Å²) in [5.74, 6) is -3.47. The van der Waals surface area contributed by atoms with Crippen molar-refractivity contribution in [2.45, 2.75) is 11.3 Å². The molecule has 28 heavy (non-hydrogen) atoms. The standard InChI is InChI=1S/C19H17F2NO5S/c1-26-16-5-3-2-4-13(16)19(25)22-17(23)11-27-18(24)8-9-28-12-6-7-14(20)15(21)10-12/h2-7,10H,8-9,11H2,1H3,(H,22,23,25). The highest BCUT2D eigenvalue weighted by Crippen LogP contribution is 2.21. The van der Waals surface area contributed by atoms with Gasteiger partial charge in [0.2, 0.25) is 0 Å². The van der Waals surface area contributed by atoms with E-state index in [1.54, 1.807) is 18.2 Å². The Kier molecular flexibility index (Phi) is 7.94. The van der Waals surface area contributed by atoms with E-state index < -0.39 is 36.0 Å². The zero-order chi connectivity index (χ0) is 20.5. The van der Waals surface area contributed by atoms with Gasteiger partial charge in [-0.25, -0.2) is 8.78 Å². The highest BCUT2D eigenvalue weighted by molar-refractivity contribution is 7.99. The SMILES string of the molecule is COc1ccccc1C(=O)NC(=O)COC(=O)CCSc1ccc(F)c(F)c1. The van der Waals surface area contributed by atoms with Crippen molar-refractivity contribution in [2.75, 3.05) is 19.5 Å². The Morgan fingerprint density at radius 3 is 2.54 bits per heavy atom. The summed E-state index contributed by atoms with van der Waals surface area (Å²) in [5.41, 5.74) is 0.174. The van der Waals surface area contributed by atoms with Gasteiger partial charge in [0.15, 0.2) is 18.2 Å². The van der Waals surface area contributed by atoms with Crippen LogP contribution in [-0.2, 0) is 14.3 Å².